The molecule has 0 aromatic carbocycles. The van der Waals surface area contributed by atoms with Crippen LogP contribution in [0.4, 0.5) is 19.0 Å². The molecule has 0 fully saturated rings. The van der Waals surface area contributed by atoms with E-state index in [-0.39, 0.29) is 5.56 Å². The van der Waals surface area contributed by atoms with Gasteiger partial charge in [-0.3, -0.25) is 9.89 Å². The molecular weight excluding hydrogens is 297 g/mol. The normalized spacial score (nSPS) is 11.4. The number of aromatic amines is 1. The molecule has 0 atom stereocenters. The number of anilines is 1. The van der Waals surface area contributed by atoms with Gasteiger partial charge in [0.05, 0.1) is 11.8 Å². The van der Waals surface area contributed by atoms with Crippen LogP contribution in [-0.4, -0.2) is 21.1 Å². The molecule has 0 saturated carbocycles. The molecule has 0 bridgehead atoms. The van der Waals surface area contributed by atoms with Crippen molar-refractivity contribution in [3.8, 4) is 0 Å². The standard InChI is InChI=1S/C11H8ClF3N4O/c1-5-4-16-19-9(5)18-10(20)6-2-3-7(11(13,14)15)17-8(6)12/h2-4H,1H3,(H2,16,18,19,20). The summed E-state index contributed by atoms with van der Waals surface area (Å²) in [6.07, 6.45) is -3.12. The molecule has 20 heavy (non-hydrogen) atoms. The van der Waals surface area contributed by atoms with E-state index in [4.69, 9.17) is 11.6 Å². The van der Waals surface area contributed by atoms with Crippen LogP contribution in [-0.2, 0) is 6.18 Å². The third-order valence-corrected chi connectivity index (χ3v) is 2.74. The molecule has 2 rings (SSSR count). The van der Waals surface area contributed by atoms with Crippen LogP contribution >= 0.6 is 11.6 Å². The summed E-state index contributed by atoms with van der Waals surface area (Å²) >= 11 is 5.61. The van der Waals surface area contributed by atoms with Crippen LogP contribution in [0.5, 0.6) is 0 Å². The Morgan fingerprint density at radius 1 is 1.40 bits per heavy atom. The monoisotopic (exact) mass is 304 g/mol. The zero-order valence-corrected chi connectivity index (χ0v) is 10.8. The molecule has 0 spiro atoms. The smallest absolute Gasteiger partial charge is 0.307 e. The van der Waals surface area contributed by atoms with Gasteiger partial charge in [-0.25, -0.2) is 4.98 Å². The molecular formula is C11H8ClF3N4O. The first kappa shape index (κ1) is 14.3. The van der Waals surface area contributed by atoms with Crippen LogP contribution in [0.3, 0.4) is 0 Å². The molecule has 2 heterocycles. The van der Waals surface area contributed by atoms with Crippen molar-refractivity contribution in [3.05, 3.63) is 40.3 Å². The van der Waals surface area contributed by atoms with Crippen molar-refractivity contribution in [1.29, 1.82) is 0 Å². The lowest BCUT2D eigenvalue weighted by atomic mass is 10.2. The largest absolute Gasteiger partial charge is 0.433 e. The number of aryl methyl sites for hydroxylation is 1. The topological polar surface area (TPSA) is 70.7 Å². The molecule has 0 unspecified atom stereocenters. The summed E-state index contributed by atoms with van der Waals surface area (Å²) in [6.45, 7) is 1.70. The number of pyridine rings is 1. The highest BCUT2D eigenvalue weighted by molar-refractivity contribution is 6.33. The lowest BCUT2D eigenvalue weighted by Gasteiger charge is -2.09. The predicted octanol–water partition coefficient (Wildman–Crippen LogP) is 3.04. The average Bonchev–Trinajstić information content (AvgIpc) is 2.73. The molecule has 2 aromatic rings. The van der Waals surface area contributed by atoms with Crippen LogP contribution < -0.4 is 5.32 Å². The first-order valence-corrected chi connectivity index (χ1v) is 5.72. The molecule has 5 nitrogen and oxygen atoms in total. The summed E-state index contributed by atoms with van der Waals surface area (Å²) in [5.74, 6) is -0.338. The van der Waals surface area contributed by atoms with Crippen molar-refractivity contribution in [2.24, 2.45) is 0 Å². The van der Waals surface area contributed by atoms with E-state index >= 15 is 0 Å². The first-order chi connectivity index (χ1) is 9.29. The Morgan fingerprint density at radius 3 is 2.60 bits per heavy atom. The Kier molecular flexibility index (Phi) is 3.67. The van der Waals surface area contributed by atoms with Crippen LogP contribution in [0.25, 0.3) is 0 Å². The van der Waals surface area contributed by atoms with Crippen molar-refractivity contribution >= 4 is 23.3 Å². The van der Waals surface area contributed by atoms with E-state index in [2.05, 4.69) is 20.5 Å². The Morgan fingerprint density at radius 2 is 2.10 bits per heavy atom. The van der Waals surface area contributed by atoms with Crippen LogP contribution in [0.1, 0.15) is 21.6 Å². The maximum atomic E-state index is 12.4. The maximum Gasteiger partial charge on any atom is 0.433 e. The Balaban J connectivity index is 2.25. The second kappa shape index (κ2) is 5.12. The van der Waals surface area contributed by atoms with Crippen LogP contribution in [0.2, 0.25) is 5.15 Å². The summed E-state index contributed by atoms with van der Waals surface area (Å²) < 4.78 is 37.3. The number of hydrogen-bond donors (Lipinski definition) is 2. The van der Waals surface area contributed by atoms with Gasteiger partial charge in [0, 0.05) is 5.56 Å². The van der Waals surface area contributed by atoms with E-state index in [0.717, 1.165) is 6.07 Å². The van der Waals surface area contributed by atoms with Gasteiger partial charge in [-0.15, -0.1) is 0 Å². The number of rotatable bonds is 2. The molecule has 0 radical (unpaired) electrons. The number of aromatic nitrogens is 3. The van der Waals surface area contributed by atoms with Crippen LogP contribution in [0, 0.1) is 6.92 Å². The summed E-state index contributed by atoms with van der Waals surface area (Å²) in [5.41, 5.74) is -0.639. The summed E-state index contributed by atoms with van der Waals surface area (Å²) in [5, 5.41) is 8.16. The second-order valence-electron chi connectivity index (χ2n) is 3.91. The number of H-pyrrole nitrogens is 1. The molecule has 9 heteroatoms. The highest BCUT2D eigenvalue weighted by Crippen LogP contribution is 2.29. The lowest BCUT2D eigenvalue weighted by Crippen LogP contribution is -2.16. The minimum absolute atomic E-state index is 0.159. The molecule has 2 aromatic heterocycles. The Hall–Kier alpha value is -2.09. The van der Waals surface area contributed by atoms with Gasteiger partial charge in [0.15, 0.2) is 0 Å². The predicted molar refractivity (Wildman–Crippen MR) is 65.5 cm³/mol. The number of carbonyl (C=O) groups is 1. The van der Waals surface area contributed by atoms with Crippen molar-refractivity contribution in [3.63, 3.8) is 0 Å². The zero-order valence-electron chi connectivity index (χ0n) is 10.0. The van der Waals surface area contributed by atoms with Crippen molar-refractivity contribution in [2.75, 3.05) is 5.32 Å². The van der Waals surface area contributed by atoms with E-state index in [1.165, 1.54) is 6.20 Å². The SMILES string of the molecule is Cc1cn[nH]c1NC(=O)c1ccc(C(F)(F)F)nc1Cl. The van der Waals surface area contributed by atoms with Crippen LogP contribution in [0.15, 0.2) is 18.3 Å². The van der Waals surface area contributed by atoms with Gasteiger partial charge in [0.1, 0.15) is 16.7 Å². The summed E-state index contributed by atoms with van der Waals surface area (Å²) in [4.78, 5) is 15.1. The Bertz CT molecular complexity index is 653. The molecule has 1 amide bonds. The van der Waals surface area contributed by atoms with E-state index in [0.29, 0.717) is 17.4 Å². The number of carbonyl (C=O) groups excluding carboxylic acids is 1. The molecule has 0 aliphatic carbocycles. The Labute approximate surface area is 116 Å². The van der Waals surface area contributed by atoms with Gasteiger partial charge in [-0.1, -0.05) is 11.6 Å². The van der Waals surface area contributed by atoms with Gasteiger partial charge in [0.2, 0.25) is 0 Å². The number of nitrogens with one attached hydrogen (secondary N) is 2. The van der Waals surface area contributed by atoms with Gasteiger partial charge in [0.25, 0.3) is 5.91 Å². The minimum Gasteiger partial charge on any atom is -0.307 e. The fraction of sp³-hybridized carbons (Fsp3) is 0.182. The van der Waals surface area contributed by atoms with Crippen molar-refractivity contribution in [2.45, 2.75) is 13.1 Å². The van der Waals surface area contributed by atoms with E-state index in [9.17, 15) is 18.0 Å². The van der Waals surface area contributed by atoms with Gasteiger partial charge in [-0.2, -0.15) is 18.3 Å². The molecule has 2 N–H and O–H groups in total. The minimum atomic E-state index is -4.61. The first-order valence-electron chi connectivity index (χ1n) is 5.34. The highest BCUT2D eigenvalue weighted by atomic mass is 35.5. The highest BCUT2D eigenvalue weighted by Gasteiger charge is 2.33. The zero-order chi connectivity index (χ0) is 14.9. The second-order valence-corrected chi connectivity index (χ2v) is 4.27. The third-order valence-electron chi connectivity index (χ3n) is 2.45. The van der Waals surface area contributed by atoms with Gasteiger partial charge in [-0.05, 0) is 19.1 Å². The number of hydrogen-bond acceptors (Lipinski definition) is 3. The average molecular weight is 305 g/mol. The van der Waals surface area contributed by atoms with E-state index < -0.39 is 22.9 Å². The molecule has 106 valence electrons. The number of halogens is 4. The summed E-state index contributed by atoms with van der Waals surface area (Å²) in [7, 11) is 0. The molecule has 0 saturated heterocycles. The fourth-order valence-electron chi connectivity index (χ4n) is 1.42. The lowest BCUT2D eigenvalue weighted by molar-refractivity contribution is -0.141. The number of amides is 1. The third kappa shape index (κ3) is 2.90. The fourth-order valence-corrected chi connectivity index (χ4v) is 1.66. The molecule has 0 aliphatic heterocycles. The van der Waals surface area contributed by atoms with E-state index in [1.807, 2.05) is 0 Å². The van der Waals surface area contributed by atoms with Crippen molar-refractivity contribution < 1.29 is 18.0 Å². The van der Waals surface area contributed by atoms with E-state index in [1.54, 1.807) is 6.92 Å². The van der Waals surface area contributed by atoms with Gasteiger partial charge < -0.3 is 5.32 Å². The van der Waals surface area contributed by atoms with Gasteiger partial charge >= 0.3 is 6.18 Å². The quantitative estimate of drug-likeness (QED) is 0.838. The molecule has 0 aliphatic rings. The summed E-state index contributed by atoms with van der Waals surface area (Å²) in [6, 6.07) is 1.67. The maximum absolute atomic E-state index is 12.4. The number of alkyl halides is 3. The van der Waals surface area contributed by atoms with Crippen molar-refractivity contribution in [1.82, 2.24) is 15.2 Å². The number of nitrogens with zero attached hydrogens (tertiary/aromatic N) is 2.